The highest BCUT2D eigenvalue weighted by molar-refractivity contribution is 6.09. The van der Waals surface area contributed by atoms with Crippen LogP contribution in [0.4, 0.5) is 0 Å². The van der Waals surface area contributed by atoms with Crippen molar-refractivity contribution in [3.8, 4) is 67.4 Å². The van der Waals surface area contributed by atoms with E-state index in [1.807, 2.05) is 54.6 Å². The van der Waals surface area contributed by atoms with Crippen molar-refractivity contribution in [2.45, 2.75) is 0 Å². The molecule has 0 amide bonds. The fourth-order valence-electron chi connectivity index (χ4n) is 7.18. The molecule has 0 atom stereocenters. The molecule has 5 heteroatoms. The Hall–Kier alpha value is -7.24. The molecule has 0 aliphatic carbocycles. The van der Waals surface area contributed by atoms with Crippen LogP contribution in [0, 0.1) is 0 Å². The molecule has 6 aromatic carbocycles. The number of para-hydroxylation sites is 1. The molecular formula is C48H31N5. The van der Waals surface area contributed by atoms with Crippen LogP contribution in [0.3, 0.4) is 0 Å². The van der Waals surface area contributed by atoms with E-state index in [9.17, 15) is 0 Å². The normalized spacial score (nSPS) is 11.4. The van der Waals surface area contributed by atoms with E-state index in [0.717, 1.165) is 78.0 Å². The van der Waals surface area contributed by atoms with Crippen molar-refractivity contribution < 1.29 is 0 Å². The lowest BCUT2D eigenvalue weighted by Gasteiger charge is -2.12. The molecule has 10 aromatic rings. The molecule has 0 unspecified atom stereocenters. The predicted octanol–water partition coefficient (Wildman–Crippen LogP) is 11.8. The number of rotatable bonds is 6. The number of hydrogen-bond donors (Lipinski definition) is 0. The van der Waals surface area contributed by atoms with Crippen LogP contribution in [-0.2, 0) is 0 Å². The third-order valence-electron chi connectivity index (χ3n) is 9.82. The first-order valence-corrected chi connectivity index (χ1v) is 17.7. The van der Waals surface area contributed by atoms with E-state index in [1.165, 1.54) is 11.1 Å². The van der Waals surface area contributed by atoms with E-state index < -0.39 is 0 Å². The number of nitrogens with zero attached hydrogens (tertiary/aromatic N) is 5. The summed E-state index contributed by atoms with van der Waals surface area (Å²) in [4.78, 5) is 20.5. The highest BCUT2D eigenvalue weighted by Crippen LogP contribution is 2.36. The van der Waals surface area contributed by atoms with Crippen molar-refractivity contribution in [2.24, 2.45) is 0 Å². The molecule has 0 saturated carbocycles. The molecule has 10 rings (SSSR count). The van der Waals surface area contributed by atoms with Gasteiger partial charge in [0, 0.05) is 33.8 Å². The minimum atomic E-state index is 0.676. The maximum absolute atomic E-state index is 5.21. The third-order valence-corrected chi connectivity index (χ3v) is 9.82. The molecule has 0 bridgehead atoms. The molecule has 4 heterocycles. The second-order valence-corrected chi connectivity index (χ2v) is 13.1. The average Bonchev–Trinajstić information content (AvgIpc) is 3.64. The summed E-state index contributed by atoms with van der Waals surface area (Å²) in [6.07, 6.45) is 2.06. The van der Waals surface area contributed by atoms with Gasteiger partial charge in [0.05, 0.1) is 28.1 Å². The van der Waals surface area contributed by atoms with Crippen LogP contribution >= 0.6 is 0 Å². The Bertz CT molecular complexity index is 2930. The van der Waals surface area contributed by atoms with Crippen molar-refractivity contribution in [1.82, 2.24) is 24.3 Å². The standard InChI is InChI=1S/C48H31N5/c1-3-13-32(14-4-1)33-24-26-35(27-25-33)43-31-42(34-15-5-2-6-16-34)50-48(51-43)39-20-12-18-37(30-39)36-17-11-19-38(29-36)45-47-46(40-21-7-8-22-41(40)49-45)52-44-23-9-10-28-53(44)47/h1-31H. The molecule has 0 N–H and O–H groups in total. The number of imidazole rings is 1. The molecule has 0 aliphatic heterocycles. The Kier molecular flexibility index (Phi) is 7.40. The van der Waals surface area contributed by atoms with Crippen LogP contribution in [0.5, 0.6) is 0 Å². The van der Waals surface area contributed by atoms with Gasteiger partial charge in [-0.25, -0.2) is 19.9 Å². The van der Waals surface area contributed by atoms with Crippen LogP contribution in [-0.4, -0.2) is 24.3 Å². The largest absolute Gasteiger partial charge is 0.298 e. The Morgan fingerprint density at radius 2 is 0.906 bits per heavy atom. The first-order valence-electron chi connectivity index (χ1n) is 17.7. The second-order valence-electron chi connectivity index (χ2n) is 13.1. The van der Waals surface area contributed by atoms with E-state index >= 15 is 0 Å². The fourth-order valence-corrected chi connectivity index (χ4v) is 7.18. The topological polar surface area (TPSA) is 56.0 Å². The smallest absolute Gasteiger partial charge is 0.160 e. The predicted molar refractivity (Wildman–Crippen MR) is 216 cm³/mol. The number of hydrogen-bond acceptors (Lipinski definition) is 4. The Balaban J connectivity index is 1.08. The van der Waals surface area contributed by atoms with E-state index in [4.69, 9.17) is 19.9 Å². The van der Waals surface area contributed by atoms with E-state index in [0.29, 0.717) is 5.82 Å². The van der Waals surface area contributed by atoms with Crippen LogP contribution in [0.15, 0.2) is 188 Å². The van der Waals surface area contributed by atoms with E-state index in [2.05, 4.69) is 138 Å². The molecule has 5 nitrogen and oxygen atoms in total. The molecule has 53 heavy (non-hydrogen) atoms. The van der Waals surface area contributed by atoms with Crippen LogP contribution in [0.1, 0.15) is 0 Å². The van der Waals surface area contributed by atoms with Gasteiger partial charge in [0.1, 0.15) is 11.2 Å². The molecule has 0 aliphatic rings. The Morgan fingerprint density at radius 3 is 1.66 bits per heavy atom. The number of benzene rings is 6. The first kappa shape index (κ1) is 30.6. The summed E-state index contributed by atoms with van der Waals surface area (Å²) in [6, 6.07) is 62.9. The summed E-state index contributed by atoms with van der Waals surface area (Å²) in [5.41, 5.74) is 15.0. The maximum atomic E-state index is 5.21. The van der Waals surface area contributed by atoms with Crippen LogP contribution in [0.2, 0.25) is 0 Å². The van der Waals surface area contributed by atoms with Gasteiger partial charge in [-0.2, -0.15) is 0 Å². The lowest BCUT2D eigenvalue weighted by Crippen LogP contribution is -1.96. The van der Waals surface area contributed by atoms with Crippen molar-refractivity contribution >= 4 is 27.6 Å². The SMILES string of the molecule is c1ccc(-c2ccc(-c3cc(-c4ccccc4)nc(-c4cccc(-c5cccc(-c6nc7ccccc7c7nc8ccccn8c67)c5)c4)n3)cc2)cc1. The van der Waals surface area contributed by atoms with Gasteiger partial charge in [-0.05, 0) is 58.7 Å². The molecule has 0 fully saturated rings. The average molecular weight is 678 g/mol. The number of aromatic nitrogens is 5. The minimum Gasteiger partial charge on any atom is -0.298 e. The maximum Gasteiger partial charge on any atom is 0.160 e. The summed E-state index contributed by atoms with van der Waals surface area (Å²) >= 11 is 0. The van der Waals surface area contributed by atoms with Gasteiger partial charge in [-0.15, -0.1) is 0 Å². The molecular weight excluding hydrogens is 647 g/mol. The van der Waals surface area contributed by atoms with Crippen LogP contribution in [0.25, 0.3) is 95.0 Å². The highest BCUT2D eigenvalue weighted by Gasteiger charge is 2.17. The van der Waals surface area contributed by atoms with Crippen molar-refractivity contribution in [2.75, 3.05) is 0 Å². The van der Waals surface area contributed by atoms with Gasteiger partial charge >= 0.3 is 0 Å². The summed E-state index contributed by atoms with van der Waals surface area (Å²) in [7, 11) is 0. The monoisotopic (exact) mass is 677 g/mol. The van der Waals surface area contributed by atoms with Gasteiger partial charge in [-0.3, -0.25) is 4.40 Å². The zero-order chi connectivity index (χ0) is 35.1. The molecule has 248 valence electrons. The van der Waals surface area contributed by atoms with Crippen molar-refractivity contribution in [1.29, 1.82) is 0 Å². The Labute approximate surface area is 306 Å². The fraction of sp³-hybridized carbons (Fsp3) is 0. The first-order chi connectivity index (χ1) is 26.2. The minimum absolute atomic E-state index is 0.676. The quantitative estimate of drug-likeness (QED) is 0.176. The van der Waals surface area contributed by atoms with Gasteiger partial charge in [0.25, 0.3) is 0 Å². The lowest BCUT2D eigenvalue weighted by atomic mass is 9.98. The molecule has 0 saturated heterocycles. The highest BCUT2D eigenvalue weighted by atomic mass is 15.0. The molecule has 4 aromatic heterocycles. The second kappa shape index (κ2) is 12.8. The summed E-state index contributed by atoms with van der Waals surface area (Å²) in [5.74, 6) is 0.676. The summed E-state index contributed by atoms with van der Waals surface area (Å²) in [6.45, 7) is 0. The number of fused-ring (bicyclic) bond motifs is 5. The Morgan fingerprint density at radius 1 is 0.358 bits per heavy atom. The zero-order valence-corrected chi connectivity index (χ0v) is 28.6. The van der Waals surface area contributed by atoms with Crippen molar-refractivity contribution in [3.63, 3.8) is 0 Å². The van der Waals surface area contributed by atoms with Gasteiger partial charge < -0.3 is 0 Å². The van der Waals surface area contributed by atoms with E-state index in [-0.39, 0.29) is 0 Å². The summed E-state index contributed by atoms with van der Waals surface area (Å²) < 4.78 is 2.14. The van der Waals surface area contributed by atoms with Crippen molar-refractivity contribution in [3.05, 3.63) is 188 Å². The summed E-state index contributed by atoms with van der Waals surface area (Å²) in [5, 5.41) is 1.04. The van der Waals surface area contributed by atoms with Gasteiger partial charge in [-0.1, -0.05) is 146 Å². The molecule has 0 spiro atoms. The third kappa shape index (κ3) is 5.61. The van der Waals surface area contributed by atoms with Crippen LogP contribution < -0.4 is 0 Å². The van der Waals surface area contributed by atoms with Gasteiger partial charge in [0.2, 0.25) is 0 Å². The molecule has 0 radical (unpaired) electrons. The van der Waals surface area contributed by atoms with Gasteiger partial charge in [0.15, 0.2) is 5.82 Å². The number of pyridine rings is 2. The lowest BCUT2D eigenvalue weighted by molar-refractivity contribution is 1.18. The van der Waals surface area contributed by atoms with E-state index in [1.54, 1.807) is 0 Å². The zero-order valence-electron chi connectivity index (χ0n) is 28.6.